The van der Waals surface area contributed by atoms with Crippen LogP contribution >= 0.6 is 0 Å². The summed E-state index contributed by atoms with van der Waals surface area (Å²) in [6.45, 7) is 3.96. The van der Waals surface area contributed by atoms with Crippen molar-refractivity contribution >= 4 is 11.6 Å². The second-order valence-electron chi connectivity index (χ2n) is 5.60. The Morgan fingerprint density at radius 2 is 1.74 bits per heavy atom. The third-order valence-electron chi connectivity index (χ3n) is 4.39. The molecule has 4 nitrogen and oxygen atoms in total. The zero-order chi connectivity index (χ0) is 13.3. The number of rotatable bonds is 3. The van der Waals surface area contributed by atoms with Crippen molar-refractivity contribution in [3.8, 4) is 0 Å². The Labute approximate surface area is 114 Å². The molecule has 1 amide bonds. The van der Waals surface area contributed by atoms with Gasteiger partial charge in [-0.2, -0.15) is 0 Å². The lowest BCUT2D eigenvalue weighted by Crippen LogP contribution is -2.51. The Hall–Kier alpha value is -1.55. The molecule has 2 fully saturated rings. The minimum absolute atomic E-state index is 0.199. The summed E-state index contributed by atoms with van der Waals surface area (Å²) in [6.07, 6.45) is 1.95. The van der Waals surface area contributed by atoms with Crippen molar-refractivity contribution in [1.82, 2.24) is 4.90 Å². The van der Waals surface area contributed by atoms with E-state index in [0.29, 0.717) is 6.54 Å². The summed E-state index contributed by atoms with van der Waals surface area (Å²) in [7, 11) is 0. The Bertz CT molecular complexity index is 448. The second-order valence-corrected chi connectivity index (χ2v) is 5.60. The summed E-state index contributed by atoms with van der Waals surface area (Å²) in [5.41, 5.74) is 6.78. The first-order valence-corrected chi connectivity index (χ1v) is 7.05. The summed E-state index contributed by atoms with van der Waals surface area (Å²) < 4.78 is 0. The summed E-state index contributed by atoms with van der Waals surface area (Å²) in [5.74, 6) is 0.280. The lowest BCUT2D eigenvalue weighted by Gasteiger charge is -2.37. The number of nitrogens with zero attached hydrogens (tertiary/aromatic N) is 2. The van der Waals surface area contributed by atoms with Crippen LogP contribution in [0.15, 0.2) is 30.3 Å². The highest BCUT2D eigenvalue weighted by Crippen LogP contribution is 2.46. The maximum Gasteiger partial charge on any atom is 0.230 e. The normalized spacial score (nSPS) is 21.3. The smallest absolute Gasteiger partial charge is 0.230 e. The van der Waals surface area contributed by atoms with E-state index in [1.807, 2.05) is 11.0 Å². The fourth-order valence-corrected chi connectivity index (χ4v) is 2.80. The van der Waals surface area contributed by atoms with Gasteiger partial charge in [-0.1, -0.05) is 18.2 Å². The zero-order valence-electron chi connectivity index (χ0n) is 11.2. The third-order valence-corrected chi connectivity index (χ3v) is 4.39. The van der Waals surface area contributed by atoms with E-state index in [2.05, 4.69) is 29.2 Å². The number of anilines is 1. The lowest BCUT2D eigenvalue weighted by molar-refractivity contribution is -0.136. The van der Waals surface area contributed by atoms with E-state index in [9.17, 15) is 4.79 Å². The molecule has 4 heteroatoms. The van der Waals surface area contributed by atoms with Gasteiger partial charge >= 0.3 is 0 Å². The summed E-state index contributed by atoms with van der Waals surface area (Å²) in [6, 6.07) is 10.4. The van der Waals surface area contributed by atoms with Crippen LogP contribution < -0.4 is 10.6 Å². The van der Waals surface area contributed by atoms with Gasteiger partial charge < -0.3 is 15.5 Å². The first kappa shape index (κ1) is 12.5. The van der Waals surface area contributed by atoms with E-state index in [0.717, 1.165) is 39.0 Å². The monoisotopic (exact) mass is 259 g/mol. The van der Waals surface area contributed by atoms with Gasteiger partial charge in [-0.25, -0.2) is 0 Å². The molecule has 1 saturated heterocycles. The number of hydrogen-bond acceptors (Lipinski definition) is 3. The quantitative estimate of drug-likeness (QED) is 0.883. The predicted octanol–water partition coefficient (Wildman–Crippen LogP) is 1.07. The highest BCUT2D eigenvalue weighted by Gasteiger charge is 2.50. The number of amides is 1. The predicted molar refractivity (Wildman–Crippen MR) is 76.0 cm³/mol. The molecular formula is C15H21N3O. The highest BCUT2D eigenvalue weighted by atomic mass is 16.2. The van der Waals surface area contributed by atoms with Gasteiger partial charge in [-0.15, -0.1) is 0 Å². The van der Waals surface area contributed by atoms with Gasteiger partial charge in [0, 0.05) is 38.4 Å². The van der Waals surface area contributed by atoms with Gasteiger partial charge in [0.1, 0.15) is 0 Å². The molecule has 1 heterocycles. The standard InChI is InChI=1S/C15H21N3O/c16-12-15(6-7-15)14(19)18-10-8-17(9-11-18)13-4-2-1-3-5-13/h1-5H,6-12,16H2. The molecule has 1 aliphatic carbocycles. The van der Waals surface area contributed by atoms with Crippen LogP contribution in [0.1, 0.15) is 12.8 Å². The molecule has 1 aliphatic heterocycles. The summed E-state index contributed by atoms with van der Waals surface area (Å²) >= 11 is 0. The van der Waals surface area contributed by atoms with E-state index >= 15 is 0 Å². The van der Waals surface area contributed by atoms with Crippen LogP contribution in [0.4, 0.5) is 5.69 Å². The minimum atomic E-state index is -0.199. The molecule has 0 aromatic heterocycles. The molecule has 1 saturated carbocycles. The van der Waals surface area contributed by atoms with Gasteiger partial charge in [-0.3, -0.25) is 4.79 Å². The number of para-hydroxylation sites is 1. The van der Waals surface area contributed by atoms with E-state index in [-0.39, 0.29) is 11.3 Å². The summed E-state index contributed by atoms with van der Waals surface area (Å²) in [5, 5.41) is 0. The second kappa shape index (κ2) is 4.85. The molecule has 1 aromatic rings. The fourth-order valence-electron chi connectivity index (χ4n) is 2.80. The Morgan fingerprint density at radius 3 is 2.26 bits per heavy atom. The molecule has 0 spiro atoms. The zero-order valence-corrected chi connectivity index (χ0v) is 11.2. The van der Waals surface area contributed by atoms with E-state index in [1.54, 1.807) is 0 Å². The number of carbonyl (C=O) groups is 1. The molecular weight excluding hydrogens is 238 g/mol. The van der Waals surface area contributed by atoms with Crippen LogP contribution in [0.3, 0.4) is 0 Å². The lowest BCUT2D eigenvalue weighted by atomic mass is 10.1. The van der Waals surface area contributed by atoms with Gasteiger partial charge in [0.15, 0.2) is 0 Å². The number of carbonyl (C=O) groups excluding carboxylic acids is 1. The Balaban J connectivity index is 1.59. The molecule has 0 unspecified atom stereocenters. The van der Waals surface area contributed by atoms with Crippen LogP contribution in [0.5, 0.6) is 0 Å². The number of piperazine rings is 1. The van der Waals surface area contributed by atoms with E-state index in [1.165, 1.54) is 5.69 Å². The molecule has 1 aromatic carbocycles. The molecule has 102 valence electrons. The average molecular weight is 259 g/mol. The third kappa shape index (κ3) is 2.32. The largest absolute Gasteiger partial charge is 0.368 e. The number of benzene rings is 1. The van der Waals surface area contributed by atoms with Crippen molar-refractivity contribution in [1.29, 1.82) is 0 Å². The molecule has 2 N–H and O–H groups in total. The van der Waals surface area contributed by atoms with E-state index in [4.69, 9.17) is 5.73 Å². The fraction of sp³-hybridized carbons (Fsp3) is 0.533. The molecule has 0 bridgehead atoms. The first-order chi connectivity index (χ1) is 9.25. The molecule has 19 heavy (non-hydrogen) atoms. The van der Waals surface area contributed by atoms with Crippen molar-refractivity contribution in [2.24, 2.45) is 11.1 Å². The van der Waals surface area contributed by atoms with Crippen LogP contribution in [0, 0.1) is 5.41 Å². The molecule has 2 aliphatic rings. The van der Waals surface area contributed by atoms with Crippen molar-refractivity contribution in [2.45, 2.75) is 12.8 Å². The Kier molecular flexibility index (Phi) is 3.19. The van der Waals surface area contributed by atoms with Crippen LogP contribution in [-0.4, -0.2) is 43.5 Å². The van der Waals surface area contributed by atoms with Gasteiger partial charge in [0.05, 0.1) is 5.41 Å². The van der Waals surface area contributed by atoms with Crippen molar-refractivity contribution in [2.75, 3.05) is 37.6 Å². The van der Waals surface area contributed by atoms with Gasteiger partial charge in [0.25, 0.3) is 0 Å². The van der Waals surface area contributed by atoms with Crippen molar-refractivity contribution in [3.05, 3.63) is 30.3 Å². The average Bonchev–Trinajstić information content (AvgIpc) is 3.29. The van der Waals surface area contributed by atoms with E-state index < -0.39 is 0 Å². The molecule has 0 atom stereocenters. The molecule has 0 radical (unpaired) electrons. The van der Waals surface area contributed by atoms with Crippen molar-refractivity contribution < 1.29 is 4.79 Å². The number of nitrogens with two attached hydrogens (primary N) is 1. The van der Waals surface area contributed by atoms with Gasteiger partial charge in [-0.05, 0) is 25.0 Å². The summed E-state index contributed by atoms with van der Waals surface area (Å²) in [4.78, 5) is 16.7. The first-order valence-electron chi connectivity index (χ1n) is 7.05. The maximum absolute atomic E-state index is 12.4. The Morgan fingerprint density at radius 1 is 1.11 bits per heavy atom. The maximum atomic E-state index is 12.4. The van der Waals surface area contributed by atoms with Crippen LogP contribution in [0.2, 0.25) is 0 Å². The topological polar surface area (TPSA) is 49.6 Å². The minimum Gasteiger partial charge on any atom is -0.368 e. The number of hydrogen-bond donors (Lipinski definition) is 1. The van der Waals surface area contributed by atoms with Crippen LogP contribution in [-0.2, 0) is 4.79 Å². The highest BCUT2D eigenvalue weighted by molar-refractivity contribution is 5.86. The van der Waals surface area contributed by atoms with Gasteiger partial charge in [0.2, 0.25) is 5.91 Å². The SMILES string of the molecule is NCC1(C(=O)N2CCN(c3ccccc3)CC2)CC1. The van der Waals surface area contributed by atoms with Crippen LogP contribution in [0.25, 0.3) is 0 Å². The van der Waals surface area contributed by atoms with Crippen molar-refractivity contribution in [3.63, 3.8) is 0 Å². The molecule has 3 rings (SSSR count).